The van der Waals surface area contributed by atoms with Gasteiger partial charge in [0.15, 0.2) is 11.4 Å². The molecule has 1 aliphatic heterocycles. The highest BCUT2D eigenvalue weighted by molar-refractivity contribution is 5.97. The van der Waals surface area contributed by atoms with Crippen molar-refractivity contribution in [3.05, 3.63) is 130 Å². The van der Waals surface area contributed by atoms with Gasteiger partial charge in [-0.1, -0.05) is 91.0 Å². The molecule has 45 heavy (non-hydrogen) atoms. The molecule has 0 aliphatic carbocycles. The van der Waals surface area contributed by atoms with Gasteiger partial charge in [-0.3, -0.25) is 14.9 Å². The van der Waals surface area contributed by atoms with Crippen LogP contribution >= 0.6 is 0 Å². The summed E-state index contributed by atoms with van der Waals surface area (Å²) in [6.07, 6.45) is 0.767. The Labute approximate surface area is 263 Å². The lowest BCUT2D eigenvalue weighted by Crippen LogP contribution is -2.47. The van der Waals surface area contributed by atoms with Gasteiger partial charge in [-0.05, 0) is 37.5 Å². The number of hydrogen-bond donors (Lipinski definition) is 1. The summed E-state index contributed by atoms with van der Waals surface area (Å²) in [5.74, 6) is -0.709. The number of amides is 2. The van der Waals surface area contributed by atoms with Crippen LogP contribution in [0.2, 0.25) is 0 Å². The van der Waals surface area contributed by atoms with E-state index >= 15 is 0 Å². The minimum atomic E-state index is -0.785. The average Bonchev–Trinajstić information content (AvgIpc) is 3.02. The molecule has 0 saturated heterocycles. The Bertz CT molecular complexity index is 1630. The van der Waals surface area contributed by atoms with Gasteiger partial charge in [0.2, 0.25) is 5.43 Å². The summed E-state index contributed by atoms with van der Waals surface area (Å²) in [5.41, 5.74) is 1.57. The van der Waals surface area contributed by atoms with Crippen LogP contribution in [0, 0.1) is 0 Å². The summed E-state index contributed by atoms with van der Waals surface area (Å²) in [5, 5.41) is 2.64. The maximum Gasteiger partial charge on any atom is 0.412 e. The van der Waals surface area contributed by atoms with Gasteiger partial charge >= 0.3 is 6.09 Å². The number of nitrogens with zero attached hydrogens (tertiary/aromatic N) is 2. The summed E-state index contributed by atoms with van der Waals surface area (Å²) >= 11 is 0. The highest BCUT2D eigenvalue weighted by Gasteiger charge is 2.40. The maximum atomic E-state index is 14.2. The minimum absolute atomic E-state index is 0.0425. The standard InChI is InChI=1S/C36H39N3O6/c1-36(2,3)45-35(42)37-28-22-39-29(30(26-16-10-6-11-17-26)27-18-12-7-13-19-27)23-38(20-21-43-4)34(41)31(39)33(32(28)40)44-24-25-14-8-5-9-15-25/h5-19,22,29-30H,20-21,23-24H2,1-4H3,(H,37,42)/t29-/m1/s1. The fraction of sp³-hybridized carbons (Fsp3) is 0.306. The van der Waals surface area contributed by atoms with Crippen LogP contribution < -0.4 is 15.5 Å². The van der Waals surface area contributed by atoms with Crippen molar-refractivity contribution in [1.29, 1.82) is 0 Å². The van der Waals surface area contributed by atoms with Crippen molar-refractivity contribution >= 4 is 17.7 Å². The monoisotopic (exact) mass is 609 g/mol. The Morgan fingerprint density at radius 2 is 1.49 bits per heavy atom. The minimum Gasteiger partial charge on any atom is -0.482 e. The van der Waals surface area contributed by atoms with Crippen LogP contribution in [-0.2, 0) is 16.1 Å². The van der Waals surface area contributed by atoms with E-state index in [0.29, 0.717) is 19.7 Å². The molecule has 1 N–H and O–H groups in total. The van der Waals surface area contributed by atoms with E-state index in [-0.39, 0.29) is 41.6 Å². The fourth-order valence-electron chi connectivity index (χ4n) is 5.61. The number of methoxy groups -OCH3 is 1. The number of pyridine rings is 1. The number of benzene rings is 3. The van der Waals surface area contributed by atoms with Gasteiger partial charge in [-0.15, -0.1) is 0 Å². The van der Waals surface area contributed by atoms with Crippen molar-refractivity contribution in [2.24, 2.45) is 0 Å². The molecule has 5 rings (SSSR count). The van der Waals surface area contributed by atoms with Crippen LogP contribution in [0.5, 0.6) is 5.75 Å². The molecule has 9 heteroatoms. The van der Waals surface area contributed by atoms with Gasteiger partial charge in [0.1, 0.15) is 17.9 Å². The molecule has 234 valence electrons. The van der Waals surface area contributed by atoms with Crippen LogP contribution in [0.15, 0.2) is 102 Å². The molecule has 0 unspecified atom stereocenters. The van der Waals surface area contributed by atoms with E-state index < -0.39 is 17.1 Å². The highest BCUT2D eigenvalue weighted by Crippen LogP contribution is 2.41. The van der Waals surface area contributed by atoms with Crippen molar-refractivity contribution in [1.82, 2.24) is 9.47 Å². The number of carbonyl (C=O) groups excluding carboxylic acids is 2. The molecule has 0 fully saturated rings. The first-order chi connectivity index (χ1) is 21.7. The zero-order chi connectivity index (χ0) is 32.0. The second-order valence-electron chi connectivity index (χ2n) is 12.0. The average molecular weight is 610 g/mol. The topological polar surface area (TPSA) is 99.1 Å². The van der Waals surface area contributed by atoms with Gasteiger partial charge in [0, 0.05) is 32.3 Å². The third kappa shape index (κ3) is 7.44. The van der Waals surface area contributed by atoms with E-state index in [1.165, 1.54) is 0 Å². The van der Waals surface area contributed by atoms with Gasteiger partial charge in [0.25, 0.3) is 5.91 Å². The molecule has 0 spiro atoms. The Hall–Kier alpha value is -4.89. The highest BCUT2D eigenvalue weighted by atomic mass is 16.6. The molecule has 0 saturated carbocycles. The van der Waals surface area contributed by atoms with Crippen molar-refractivity contribution in [2.75, 3.05) is 32.1 Å². The molecular formula is C36H39N3O6. The summed E-state index contributed by atoms with van der Waals surface area (Å²) in [6, 6.07) is 29.1. The van der Waals surface area contributed by atoms with Gasteiger partial charge in [0.05, 0.1) is 12.6 Å². The van der Waals surface area contributed by atoms with Crippen LogP contribution in [0.1, 0.15) is 59.9 Å². The Morgan fingerprint density at radius 1 is 0.911 bits per heavy atom. The number of fused-ring (bicyclic) bond motifs is 1. The quantitative estimate of drug-likeness (QED) is 0.228. The maximum absolute atomic E-state index is 14.2. The summed E-state index contributed by atoms with van der Waals surface area (Å²) < 4.78 is 18.8. The van der Waals surface area contributed by atoms with Crippen LogP contribution in [-0.4, -0.2) is 53.9 Å². The molecular weight excluding hydrogens is 570 g/mol. The lowest BCUT2D eigenvalue weighted by atomic mass is 9.83. The largest absolute Gasteiger partial charge is 0.482 e. The van der Waals surface area contributed by atoms with Crippen molar-refractivity contribution in [3.8, 4) is 5.75 Å². The first-order valence-electron chi connectivity index (χ1n) is 15.0. The molecule has 1 atom stereocenters. The van der Waals surface area contributed by atoms with Crippen LogP contribution in [0.4, 0.5) is 10.5 Å². The van der Waals surface area contributed by atoms with E-state index in [0.717, 1.165) is 16.7 Å². The SMILES string of the molecule is COCCN1C[C@H](C(c2ccccc2)c2ccccc2)n2cc(NC(=O)OC(C)(C)C)c(=O)c(OCc3ccccc3)c2C1=O. The summed E-state index contributed by atoms with van der Waals surface area (Å²) in [7, 11) is 1.59. The number of anilines is 1. The smallest absolute Gasteiger partial charge is 0.412 e. The van der Waals surface area contributed by atoms with Crippen molar-refractivity contribution in [3.63, 3.8) is 0 Å². The number of carbonyl (C=O) groups is 2. The Balaban J connectivity index is 1.72. The number of rotatable bonds is 10. The van der Waals surface area contributed by atoms with E-state index in [1.54, 1.807) is 43.5 Å². The number of aromatic nitrogens is 1. The first-order valence-corrected chi connectivity index (χ1v) is 15.0. The second kappa shape index (κ2) is 13.8. The molecule has 3 aromatic carbocycles. The van der Waals surface area contributed by atoms with Gasteiger partial charge < -0.3 is 23.7 Å². The number of ether oxygens (including phenoxy) is 3. The molecule has 2 heterocycles. The normalized spacial score (nSPS) is 14.6. The molecule has 1 aliphatic rings. The Kier molecular flexibility index (Phi) is 9.68. The summed E-state index contributed by atoms with van der Waals surface area (Å²) in [6.45, 7) is 6.26. The molecule has 1 aromatic heterocycles. The molecule has 0 bridgehead atoms. The van der Waals surface area contributed by atoms with Crippen LogP contribution in [0.3, 0.4) is 0 Å². The van der Waals surface area contributed by atoms with Gasteiger partial charge in [-0.2, -0.15) is 0 Å². The van der Waals surface area contributed by atoms with E-state index in [2.05, 4.69) is 29.6 Å². The molecule has 2 amide bonds. The van der Waals surface area contributed by atoms with Gasteiger partial charge in [-0.25, -0.2) is 4.79 Å². The van der Waals surface area contributed by atoms with E-state index in [9.17, 15) is 14.4 Å². The first kappa shape index (κ1) is 31.5. The van der Waals surface area contributed by atoms with Crippen molar-refractivity contribution < 1.29 is 23.8 Å². The predicted molar refractivity (Wildman–Crippen MR) is 173 cm³/mol. The number of hydrogen-bond acceptors (Lipinski definition) is 6. The predicted octanol–water partition coefficient (Wildman–Crippen LogP) is 6.25. The lowest BCUT2D eigenvalue weighted by molar-refractivity contribution is 0.0580. The third-order valence-corrected chi connectivity index (χ3v) is 7.58. The Morgan fingerprint density at radius 3 is 2.04 bits per heavy atom. The molecule has 4 aromatic rings. The van der Waals surface area contributed by atoms with Crippen molar-refractivity contribution in [2.45, 2.75) is 44.9 Å². The van der Waals surface area contributed by atoms with E-state index in [4.69, 9.17) is 14.2 Å². The number of nitrogens with one attached hydrogen (secondary N) is 1. The zero-order valence-electron chi connectivity index (χ0n) is 26.1. The summed E-state index contributed by atoms with van der Waals surface area (Å²) in [4.78, 5) is 42.9. The third-order valence-electron chi connectivity index (χ3n) is 7.58. The zero-order valence-corrected chi connectivity index (χ0v) is 26.1. The van der Waals surface area contributed by atoms with E-state index in [1.807, 2.05) is 66.7 Å². The molecule has 0 radical (unpaired) electrons. The molecule has 9 nitrogen and oxygen atoms in total. The lowest BCUT2D eigenvalue weighted by Gasteiger charge is -2.41. The van der Waals surface area contributed by atoms with Crippen LogP contribution in [0.25, 0.3) is 0 Å². The fourth-order valence-corrected chi connectivity index (χ4v) is 5.61. The second-order valence-corrected chi connectivity index (χ2v) is 12.0.